The average Bonchev–Trinajstić information content (AvgIpc) is 3.47. The summed E-state index contributed by atoms with van der Waals surface area (Å²) in [6.45, 7) is 3.59. The fourth-order valence-corrected chi connectivity index (χ4v) is 4.61. The van der Waals surface area contributed by atoms with Gasteiger partial charge in [-0.25, -0.2) is 18.2 Å². The highest BCUT2D eigenvalue weighted by Gasteiger charge is 2.37. The molecule has 4 heterocycles. The van der Waals surface area contributed by atoms with Crippen LogP contribution in [0.5, 0.6) is 0 Å². The lowest BCUT2D eigenvalue weighted by Gasteiger charge is -2.18. The van der Waals surface area contributed by atoms with E-state index in [4.69, 9.17) is 10.5 Å². The van der Waals surface area contributed by atoms with Gasteiger partial charge >= 0.3 is 6.18 Å². The number of benzene rings is 1. The lowest BCUT2D eigenvalue weighted by atomic mass is 9.97. The molecule has 1 aromatic carbocycles. The second-order valence-corrected chi connectivity index (χ2v) is 8.89. The van der Waals surface area contributed by atoms with Crippen molar-refractivity contribution in [1.82, 2.24) is 13.8 Å². The first-order valence-corrected chi connectivity index (χ1v) is 11.9. The van der Waals surface area contributed by atoms with E-state index in [1.165, 1.54) is 51.7 Å². The van der Waals surface area contributed by atoms with E-state index in [1.54, 1.807) is 13.8 Å². The Morgan fingerprint density at radius 1 is 1.12 bits per heavy atom. The number of nitrogens with zero attached hydrogens (tertiary/aromatic N) is 3. The third kappa shape index (κ3) is 4.34. The maximum Gasteiger partial charge on any atom is 0.418 e. The summed E-state index contributed by atoms with van der Waals surface area (Å²) in [7, 11) is 0. The number of carbonyl (C=O) groups is 1. The zero-order valence-corrected chi connectivity index (χ0v) is 21.0. The highest BCUT2D eigenvalue weighted by Crippen LogP contribution is 2.44. The van der Waals surface area contributed by atoms with Crippen LogP contribution < -0.4 is 5.73 Å². The maximum atomic E-state index is 14.4. The number of hydrogen-bond acceptors (Lipinski definition) is 4. The molecule has 0 radical (unpaired) electrons. The van der Waals surface area contributed by atoms with Gasteiger partial charge in [-0.05, 0) is 44.2 Å². The van der Waals surface area contributed by atoms with E-state index in [1.807, 2.05) is 0 Å². The van der Waals surface area contributed by atoms with E-state index < -0.39 is 40.5 Å². The van der Waals surface area contributed by atoms with Crippen LogP contribution in [0.3, 0.4) is 0 Å². The summed E-state index contributed by atoms with van der Waals surface area (Å²) >= 11 is 0. The Morgan fingerprint density at radius 3 is 2.48 bits per heavy atom. The standard InChI is InChI=1S/C28H20F6N4O2/c1-3-40-8-6-15-11-21(26(39)16-9-19(29)23(31)20(30)10-16)37-7-4-5-17(25(15)37)22-18(28(32,33)34)13-38-14(2)12-36-27(38)24(22)35/h4-13H,3,35H2,1-2H3/b8-6+. The normalized spacial score (nSPS) is 12.2. The summed E-state index contributed by atoms with van der Waals surface area (Å²) in [6, 6.07) is 5.24. The number of ketones is 1. The molecule has 0 unspecified atom stereocenters. The van der Waals surface area contributed by atoms with Crippen LogP contribution in [0.15, 0.2) is 55.2 Å². The minimum Gasteiger partial charge on any atom is -0.501 e. The number of pyridine rings is 2. The largest absolute Gasteiger partial charge is 0.501 e. The molecular formula is C28H20F6N4O2. The maximum absolute atomic E-state index is 14.4. The molecule has 206 valence electrons. The highest BCUT2D eigenvalue weighted by atomic mass is 19.4. The summed E-state index contributed by atoms with van der Waals surface area (Å²) in [5.74, 6) is -5.76. The molecule has 0 atom stereocenters. The van der Waals surface area contributed by atoms with E-state index in [0.29, 0.717) is 17.8 Å². The van der Waals surface area contributed by atoms with Crippen LogP contribution in [0.2, 0.25) is 0 Å². The third-order valence-electron chi connectivity index (χ3n) is 6.40. The molecule has 0 fully saturated rings. The van der Waals surface area contributed by atoms with Gasteiger partial charge in [-0.3, -0.25) is 4.79 Å². The molecule has 0 amide bonds. The van der Waals surface area contributed by atoms with Crippen molar-refractivity contribution in [2.75, 3.05) is 12.3 Å². The van der Waals surface area contributed by atoms with Crippen LogP contribution in [-0.2, 0) is 10.9 Å². The number of nitrogen functional groups attached to an aromatic ring is 1. The zero-order valence-electron chi connectivity index (χ0n) is 21.0. The van der Waals surface area contributed by atoms with Gasteiger partial charge in [0, 0.05) is 46.5 Å². The van der Waals surface area contributed by atoms with Crippen LogP contribution in [0.4, 0.5) is 32.0 Å². The van der Waals surface area contributed by atoms with Gasteiger partial charge < -0.3 is 19.3 Å². The average molecular weight is 558 g/mol. The molecule has 4 aromatic heterocycles. The van der Waals surface area contributed by atoms with Gasteiger partial charge in [-0.1, -0.05) is 6.07 Å². The number of halogens is 6. The van der Waals surface area contributed by atoms with E-state index in [-0.39, 0.29) is 45.8 Å². The van der Waals surface area contributed by atoms with E-state index in [2.05, 4.69) is 4.98 Å². The predicted octanol–water partition coefficient (Wildman–Crippen LogP) is 6.82. The van der Waals surface area contributed by atoms with Crippen LogP contribution in [0.25, 0.3) is 28.4 Å². The summed E-state index contributed by atoms with van der Waals surface area (Å²) in [4.78, 5) is 17.5. The smallest absolute Gasteiger partial charge is 0.418 e. The number of aryl methyl sites for hydroxylation is 1. The van der Waals surface area contributed by atoms with Crippen molar-refractivity contribution < 1.29 is 35.9 Å². The summed E-state index contributed by atoms with van der Waals surface area (Å²) in [5, 5.41) is 0. The number of alkyl halides is 3. The highest BCUT2D eigenvalue weighted by molar-refractivity contribution is 6.10. The number of carbonyl (C=O) groups excluding carboxylic acids is 1. The van der Waals surface area contributed by atoms with E-state index >= 15 is 0 Å². The summed E-state index contributed by atoms with van der Waals surface area (Å²) in [6.07, 6.45) is 1.61. The van der Waals surface area contributed by atoms with Gasteiger partial charge in [0.1, 0.15) is 0 Å². The van der Waals surface area contributed by atoms with Crippen molar-refractivity contribution in [3.63, 3.8) is 0 Å². The van der Waals surface area contributed by atoms with E-state index in [9.17, 15) is 31.1 Å². The molecule has 0 saturated heterocycles. The van der Waals surface area contributed by atoms with Gasteiger partial charge in [0.2, 0.25) is 5.78 Å². The number of hydrogen-bond donors (Lipinski definition) is 1. The van der Waals surface area contributed by atoms with Gasteiger partial charge in [0.25, 0.3) is 0 Å². The number of nitrogens with two attached hydrogens (primary N) is 1. The van der Waals surface area contributed by atoms with Crippen LogP contribution in [0.1, 0.15) is 39.8 Å². The van der Waals surface area contributed by atoms with Crippen LogP contribution >= 0.6 is 0 Å². The van der Waals surface area contributed by atoms with Gasteiger partial charge in [0.05, 0.1) is 35.3 Å². The second kappa shape index (κ2) is 9.78. The van der Waals surface area contributed by atoms with Gasteiger partial charge in [0.15, 0.2) is 23.1 Å². The van der Waals surface area contributed by atoms with Crippen LogP contribution in [0, 0.1) is 24.4 Å². The summed E-state index contributed by atoms with van der Waals surface area (Å²) < 4.78 is 92.4. The first-order valence-electron chi connectivity index (χ1n) is 11.9. The van der Waals surface area contributed by atoms with Crippen molar-refractivity contribution in [2.24, 2.45) is 0 Å². The Kier molecular flexibility index (Phi) is 6.56. The van der Waals surface area contributed by atoms with Crippen molar-refractivity contribution in [1.29, 1.82) is 0 Å². The molecule has 0 aliphatic heterocycles. The Labute approximate surface area is 222 Å². The number of rotatable bonds is 6. The Hall–Kier alpha value is -4.74. The Morgan fingerprint density at radius 2 is 1.82 bits per heavy atom. The topological polar surface area (TPSA) is 74.0 Å². The molecule has 0 spiro atoms. The predicted molar refractivity (Wildman–Crippen MR) is 136 cm³/mol. The Bertz CT molecular complexity index is 1810. The number of fused-ring (bicyclic) bond motifs is 2. The van der Waals surface area contributed by atoms with Gasteiger partial charge in [-0.15, -0.1) is 0 Å². The SMILES string of the molecule is CCO/C=C/c1cc(C(=O)c2cc(F)c(F)c(F)c2)n2cccc(-c3c(C(F)(F)F)cn4c(C)cnc4c3N)c12. The first kappa shape index (κ1) is 26.9. The second-order valence-electron chi connectivity index (χ2n) is 8.89. The Balaban J connectivity index is 1.84. The lowest BCUT2D eigenvalue weighted by Crippen LogP contribution is -2.13. The lowest BCUT2D eigenvalue weighted by molar-refractivity contribution is -0.137. The summed E-state index contributed by atoms with van der Waals surface area (Å²) in [5.41, 5.74) is 4.96. The van der Waals surface area contributed by atoms with Gasteiger partial charge in [-0.2, -0.15) is 13.2 Å². The number of anilines is 1. The number of aromatic nitrogens is 3. The van der Waals surface area contributed by atoms with Crippen molar-refractivity contribution in [3.8, 4) is 11.1 Å². The zero-order chi connectivity index (χ0) is 28.9. The third-order valence-corrected chi connectivity index (χ3v) is 6.40. The van der Waals surface area contributed by atoms with Crippen LogP contribution in [-0.4, -0.2) is 26.2 Å². The quantitative estimate of drug-likeness (QED) is 0.107. The molecule has 0 aliphatic carbocycles. The molecule has 5 rings (SSSR count). The number of ether oxygens (including phenoxy) is 1. The molecule has 5 aromatic rings. The molecular weight excluding hydrogens is 538 g/mol. The van der Waals surface area contributed by atoms with Crippen molar-refractivity contribution >= 4 is 28.7 Å². The van der Waals surface area contributed by atoms with Crippen molar-refractivity contribution in [3.05, 3.63) is 101 Å². The van der Waals surface area contributed by atoms with Crippen molar-refractivity contribution in [2.45, 2.75) is 20.0 Å². The minimum absolute atomic E-state index is 0.0159. The fourth-order valence-electron chi connectivity index (χ4n) is 4.61. The molecule has 0 aliphatic rings. The molecule has 6 nitrogen and oxygen atoms in total. The molecule has 40 heavy (non-hydrogen) atoms. The monoisotopic (exact) mass is 558 g/mol. The molecule has 12 heteroatoms. The van der Waals surface area contributed by atoms with E-state index in [0.717, 1.165) is 6.20 Å². The first-order chi connectivity index (χ1) is 18.9. The molecule has 0 bridgehead atoms. The fraction of sp³-hybridized carbons (Fsp3) is 0.143. The number of imidazole rings is 1. The minimum atomic E-state index is -4.82. The molecule has 0 saturated carbocycles. The molecule has 2 N–H and O–H groups in total.